The van der Waals surface area contributed by atoms with Gasteiger partial charge in [-0.1, -0.05) is 6.07 Å². The maximum Gasteiger partial charge on any atom is 0.0544 e. The van der Waals surface area contributed by atoms with Gasteiger partial charge >= 0.3 is 0 Å². The second-order valence-corrected chi connectivity index (χ2v) is 5.60. The minimum absolute atomic E-state index is 0.568. The summed E-state index contributed by atoms with van der Waals surface area (Å²) in [5.74, 6) is 0. The third kappa shape index (κ3) is 4.00. The molecule has 106 valence electrons. The zero-order valence-corrected chi connectivity index (χ0v) is 12.1. The third-order valence-corrected chi connectivity index (χ3v) is 4.18. The molecule has 0 amide bonds. The van der Waals surface area contributed by atoms with Crippen LogP contribution in [0, 0.1) is 0 Å². The zero-order valence-electron chi connectivity index (χ0n) is 12.1. The number of likely N-dealkylation sites (N-methyl/N-ethyl adjacent to an activating group) is 1. The van der Waals surface area contributed by atoms with Gasteiger partial charge in [0.05, 0.1) is 5.69 Å². The molecule has 2 atom stereocenters. The lowest BCUT2D eigenvalue weighted by atomic mass is 10.1. The maximum atomic E-state index is 5.75. The van der Waals surface area contributed by atoms with E-state index >= 15 is 0 Å². The van der Waals surface area contributed by atoms with Crippen LogP contribution in [0.25, 0.3) is 0 Å². The minimum Gasteiger partial charge on any atom is -0.330 e. The molecule has 2 N–H and O–H groups in total. The molecule has 1 fully saturated rings. The Balaban J connectivity index is 2.04. The fourth-order valence-electron chi connectivity index (χ4n) is 2.77. The fraction of sp³-hybridized carbons (Fsp3) is 0.667. The Hall–Kier alpha value is -0.970. The molecule has 0 aromatic carbocycles. The summed E-state index contributed by atoms with van der Waals surface area (Å²) in [6, 6.07) is 7.32. The van der Waals surface area contributed by atoms with Gasteiger partial charge in [0.25, 0.3) is 0 Å². The van der Waals surface area contributed by atoms with Crippen LogP contribution < -0.4 is 5.73 Å². The van der Waals surface area contributed by atoms with Crippen molar-refractivity contribution in [2.75, 3.05) is 26.7 Å². The van der Waals surface area contributed by atoms with Crippen molar-refractivity contribution in [3.8, 4) is 0 Å². The van der Waals surface area contributed by atoms with Crippen molar-refractivity contribution in [1.82, 2.24) is 14.8 Å². The van der Waals surface area contributed by atoms with Crippen LogP contribution in [0.1, 0.15) is 25.5 Å². The average Bonchev–Trinajstić information content (AvgIpc) is 2.55. The summed E-state index contributed by atoms with van der Waals surface area (Å²) < 4.78 is 0. The Morgan fingerprint density at radius 1 is 1.42 bits per heavy atom. The molecule has 4 heteroatoms. The second kappa shape index (κ2) is 6.98. The van der Waals surface area contributed by atoms with E-state index in [1.807, 2.05) is 12.3 Å². The summed E-state index contributed by atoms with van der Waals surface area (Å²) >= 11 is 0. The molecule has 1 aliphatic heterocycles. The maximum absolute atomic E-state index is 5.75. The second-order valence-electron chi connectivity index (χ2n) is 5.60. The predicted molar refractivity (Wildman–Crippen MR) is 78.8 cm³/mol. The van der Waals surface area contributed by atoms with Crippen LogP contribution >= 0.6 is 0 Å². The summed E-state index contributed by atoms with van der Waals surface area (Å²) in [4.78, 5) is 9.46. The molecule has 0 saturated carbocycles. The highest BCUT2D eigenvalue weighted by Gasteiger charge is 2.26. The van der Waals surface area contributed by atoms with E-state index in [4.69, 9.17) is 5.73 Å². The van der Waals surface area contributed by atoms with Crippen molar-refractivity contribution in [1.29, 1.82) is 0 Å². The summed E-state index contributed by atoms with van der Waals surface area (Å²) in [7, 11) is 2.22. The SMILES string of the molecule is CC1CCN(C)C(CCN)CN1Cc1ccccn1. The van der Waals surface area contributed by atoms with Crippen molar-refractivity contribution < 1.29 is 0 Å². The molecule has 2 rings (SSSR count). The van der Waals surface area contributed by atoms with E-state index in [0.717, 1.165) is 38.3 Å². The predicted octanol–water partition coefficient (Wildman–Crippen LogP) is 1.33. The Morgan fingerprint density at radius 3 is 2.95 bits per heavy atom. The van der Waals surface area contributed by atoms with Crippen LogP contribution in [0.2, 0.25) is 0 Å². The quantitative estimate of drug-likeness (QED) is 0.889. The van der Waals surface area contributed by atoms with Crippen molar-refractivity contribution >= 4 is 0 Å². The standard InChI is InChI=1S/C15H26N4/c1-13-7-10-18(2)15(6-8-16)12-19(13)11-14-5-3-4-9-17-14/h3-5,9,13,15H,6-8,10-12,16H2,1-2H3. The van der Waals surface area contributed by atoms with Crippen LogP contribution in [-0.2, 0) is 6.54 Å². The number of hydrogen-bond donors (Lipinski definition) is 1. The van der Waals surface area contributed by atoms with Gasteiger partial charge < -0.3 is 10.6 Å². The smallest absolute Gasteiger partial charge is 0.0544 e. The molecule has 1 saturated heterocycles. The van der Waals surface area contributed by atoms with Gasteiger partial charge in [-0.15, -0.1) is 0 Å². The van der Waals surface area contributed by atoms with Crippen LogP contribution in [0.4, 0.5) is 0 Å². The van der Waals surface area contributed by atoms with Crippen molar-refractivity contribution in [3.63, 3.8) is 0 Å². The Labute approximate surface area is 116 Å². The van der Waals surface area contributed by atoms with E-state index in [9.17, 15) is 0 Å². The Bertz CT molecular complexity index is 368. The van der Waals surface area contributed by atoms with Crippen LogP contribution in [-0.4, -0.2) is 53.5 Å². The molecule has 4 nitrogen and oxygen atoms in total. The van der Waals surface area contributed by atoms with E-state index in [0.29, 0.717) is 12.1 Å². The van der Waals surface area contributed by atoms with Gasteiger partial charge in [0.15, 0.2) is 0 Å². The Morgan fingerprint density at radius 2 is 2.26 bits per heavy atom. The summed E-state index contributed by atoms with van der Waals surface area (Å²) in [5, 5.41) is 0. The van der Waals surface area contributed by atoms with Crippen molar-refractivity contribution in [3.05, 3.63) is 30.1 Å². The average molecular weight is 262 g/mol. The van der Waals surface area contributed by atoms with Crippen LogP contribution in [0.3, 0.4) is 0 Å². The topological polar surface area (TPSA) is 45.4 Å². The number of nitrogens with zero attached hydrogens (tertiary/aromatic N) is 3. The third-order valence-electron chi connectivity index (χ3n) is 4.18. The van der Waals surface area contributed by atoms with Crippen LogP contribution in [0.5, 0.6) is 0 Å². The number of rotatable bonds is 4. The molecule has 0 spiro atoms. The first kappa shape index (κ1) is 14.4. The van der Waals surface area contributed by atoms with Gasteiger partial charge in [0.2, 0.25) is 0 Å². The van der Waals surface area contributed by atoms with Gasteiger partial charge in [-0.2, -0.15) is 0 Å². The molecule has 1 aliphatic rings. The van der Waals surface area contributed by atoms with E-state index in [1.54, 1.807) is 0 Å². The molecule has 2 unspecified atom stereocenters. The molecule has 19 heavy (non-hydrogen) atoms. The van der Waals surface area contributed by atoms with Gasteiger partial charge in [0.1, 0.15) is 0 Å². The van der Waals surface area contributed by atoms with Gasteiger partial charge in [-0.05, 0) is 52.0 Å². The summed E-state index contributed by atoms with van der Waals surface area (Å²) in [6.45, 7) is 6.27. The lowest BCUT2D eigenvalue weighted by molar-refractivity contribution is 0.168. The molecule has 0 bridgehead atoms. The van der Waals surface area contributed by atoms with E-state index < -0.39 is 0 Å². The van der Waals surface area contributed by atoms with Crippen molar-refractivity contribution in [2.45, 2.75) is 38.4 Å². The van der Waals surface area contributed by atoms with E-state index in [1.165, 1.54) is 6.42 Å². The highest BCUT2D eigenvalue weighted by molar-refractivity contribution is 5.04. The first-order chi connectivity index (χ1) is 9.20. The molecule has 1 aromatic heterocycles. The minimum atomic E-state index is 0.568. The number of aromatic nitrogens is 1. The first-order valence-corrected chi connectivity index (χ1v) is 7.25. The fourth-order valence-corrected chi connectivity index (χ4v) is 2.77. The lowest BCUT2D eigenvalue weighted by Crippen LogP contribution is -2.41. The Kier molecular flexibility index (Phi) is 5.31. The molecule has 2 heterocycles. The normalized spacial score (nSPS) is 26.3. The molecule has 0 aliphatic carbocycles. The lowest BCUT2D eigenvalue weighted by Gasteiger charge is -2.30. The van der Waals surface area contributed by atoms with E-state index in [2.05, 4.69) is 40.9 Å². The summed E-state index contributed by atoms with van der Waals surface area (Å²) in [5.41, 5.74) is 6.91. The van der Waals surface area contributed by atoms with Gasteiger partial charge in [-0.25, -0.2) is 0 Å². The van der Waals surface area contributed by atoms with Gasteiger partial charge in [0, 0.05) is 31.4 Å². The monoisotopic (exact) mass is 262 g/mol. The van der Waals surface area contributed by atoms with E-state index in [-0.39, 0.29) is 0 Å². The van der Waals surface area contributed by atoms with Crippen LogP contribution in [0.15, 0.2) is 24.4 Å². The molecule has 0 radical (unpaired) electrons. The van der Waals surface area contributed by atoms with Crippen molar-refractivity contribution in [2.24, 2.45) is 5.73 Å². The summed E-state index contributed by atoms with van der Waals surface area (Å²) in [6.07, 6.45) is 4.16. The zero-order chi connectivity index (χ0) is 13.7. The largest absolute Gasteiger partial charge is 0.330 e. The molecule has 1 aromatic rings. The highest BCUT2D eigenvalue weighted by atomic mass is 15.2. The van der Waals surface area contributed by atoms with Gasteiger partial charge in [-0.3, -0.25) is 9.88 Å². The number of pyridine rings is 1. The number of nitrogens with two attached hydrogens (primary N) is 1. The number of hydrogen-bond acceptors (Lipinski definition) is 4. The first-order valence-electron chi connectivity index (χ1n) is 7.25. The molecular weight excluding hydrogens is 236 g/mol. The highest BCUT2D eigenvalue weighted by Crippen LogP contribution is 2.18. The molecular formula is C15H26N4.